The molecule has 0 amide bonds. The Morgan fingerprint density at radius 3 is 2.00 bits per heavy atom. The number of nitrogens with zero attached hydrogens (tertiary/aromatic N) is 1. The molecule has 0 fully saturated rings. The van der Waals surface area contributed by atoms with Gasteiger partial charge in [-0.05, 0) is 44.3 Å². The summed E-state index contributed by atoms with van der Waals surface area (Å²) >= 11 is 0. The van der Waals surface area contributed by atoms with Crippen LogP contribution in [0.1, 0.15) is 5.56 Å². The van der Waals surface area contributed by atoms with Gasteiger partial charge in [-0.1, -0.05) is 6.07 Å². The van der Waals surface area contributed by atoms with E-state index in [9.17, 15) is 26.9 Å². The molecule has 0 heterocycles. The van der Waals surface area contributed by atoms with E-state index in [0.717, 1.165) is 6.07 Å². The summed E-state index contributed by atoms with van der Waals surface area (Å²) in [7, 11) is -6.43. The number of nitro groups is 1. The molecule has 0 aliphatic rings. The molecule has 0 aromatic heterocycles. The first-order valence-electron chi connectivity index (χ1n) is 6.88. The SMILES string of the molecule is CNS(=O)(=O)c1ccc(NS(=O)(=O)c2ccc(C)c([N+](=O)[O-])c2)cc1. The zero-order valence-electron chi connectivity index (χ0n) is 13.3. The van der Waals surface area contributed by atoms with Crippen molar-refractivity contribution in [2.75, 3.05) is 11.8 Å². The van der Waals surface area contributed by atoms with E-state index in [1.807, 2.05) is 0 Å². The lowest BCUT2D eigenvalue weighted by atomic mass is 10.2. The van der Waals surface area contributed by atoms with Crippen LogP contribution in [0, 0.1) is 17.0 Å². The summed E-state index contributed by atoms with van der Waals surface area (Å²) < 4.78 is 52.4. The number of sulfonamides is 2. The van der Waals surface area contributed by atoms with Crippen LogP contribution in [0.15, 0.2) is 52.3 Å². The molecule has 0 aliphatic carbocycles. The maximum absolute atomic E-state index is 12.4. The number of aryl methyl sites for hydroxylation is 1. The summed E-state index contributed by atoms with van der Waals surface area (Å²) in [5.74, 6) is 0. The van der Waals surface area contributed by atoms with Gasteiger partial charge in [0, 0.05) is 17.3 Å². The molecule has 2 N–H and O–H groups in total. The average Bonchev–Trinajstić information content (AvgIpc) is 2.55. The fourth-order valence-corrected chi connectivity index (χ4v) is 3.80. The average molecular weight is 385 g/mol. The number of benzene rings is 2. The highest BCUT2D eigenvalue weighted by Gasteiger charge is 2.20. The zero-order chi connectivity index (χ0) is 18.8. The highest BCUT2D eigenvalue weighted by atomic mass is 32.2. The number of hydrogen-bond donors (Lipinski definition) is 2. The number of hydrogen-bond acceptors (Lipinski definition) is 6. The molecule has 0 saturated heterocycles. The Balaban J connectivity index is 2.33. The Hall–Kier alpha value is -2.50. The molecule has 0 saturated carbocycles. The van der Waals surface area contributed by atoms with E-state index in [1.54, 1.807) is 0 Å². The molecule has 134 valence electrons. The topological polar surface area (TPSA) is 135 Å². The van der Waals surface area contributed by atoms with E-state index in [-0.39, 0.29) is 21.2 Å². The first-order chi connectivity index (χ1) is 11.6. The molecule has 2 rings (SSSR count). The third-order valence-electron chi connectivity index (χ3n) is 3.37. The van der Waals surface area contributed by atoms with Crippen LogP contribution in [-0.4, -0.2) is 28.8 Å². The fourth-order valence-electron chi connectivity index (χ4n) is 1.99. The van der Waals surface area contributed by atoms with Crippen molar-refractivity contribution < 1.29 is 21.8 Å². The van der Waals surface area contributed by atoms with Gasteiger partial charge in [0.25, 0.3) is 15.7 Å². The van der Waals surface area contributed by atoms with E-state index in [1.165, 1.54) is 50.4 Å². The zero-order valence-corrected chi connectivity index (χ0v) is 14.9. The number of anilines is 1. The Labute approximate surface area is 144 Å². The van der Waals surface area contributed by atoms with E-state index >= 15 is 0 Å². The second-order valence-electron chi connectivity index (χ2n) is 5.04. The smallest absolute Gasteiger partial charge is 0.273 e. The van der Waals surface area contributed by atoms with Crippen LogP contribution in [-0.2, 0) is 20.0 Å². The van der Waals surface area contributed by atoms with Crippen molar-refractivity contribution in [2.24, 2.45) is 0 Å². The van der Waals surface area contributed by atoms with Gasteiger partial charge in [0.1, 0.15) is 0 Å². The minimum Gasteiger partial charge on any atom is -0.280 e. The van der Waals surface area contributed by atoms with Crippen LogP contribution in [0.25, 0.3) is 0 Å². The predicted molar refractivity (Wildman–Crippen MR) is 91.3 cm³/mol. The molecule has 2 aromatic carbocycles. The summed E-state index contributed by atoms with van der Waals surface area (Å²) in [4.78, 5) is 9.99. The maximum atomic E-state index is 12.4. The lowest BCUT2D eigenvalue weighted by Gasteiger charge is -2.09. The second-order valence-corrected chi connectivity index (χ2v) is 8.61. The van der Waals surface area contributed by atoms with Gasteiger partial charge >= 0.3 is 0 Å². The molecule has 11 heteroatoms. The molecule has 0 bridgehead atoms. The van der Waals surface area contributed by atoms with Crippen LogP contribution in [0.5, 0.6) is 0 Å². The monoisotopic (exact) mass is 385 g/mol. The largest absolute Gasteiger partial charge is 0.280 e. The van der Waals surface area contributed by atoms with Crippen LogP contribution in [0.2, 0.25) is 0 Å². The van der Waals surface area contributed by atoms with Gasteiger partial charge in [-0.3, -0.25) is 14.8 Å². The van der Waals surface area contributed by atoms with Crippen molar-refractivity contribution >= 4 is 31.4 Å². The van der Waals surface area contributed by atoms with Crippen LogP contribution < -0.4 is 9.44 Å². The molecule has 0 spiro atoms. The second kappa shape index (κ2) is 6.78. The molecular formula is C14H15N3O6S2. The normalized spacial score (nSPS) is 11.9. The highest BCUT2D eigenvalue weighted by Crippen LogP contribution is 2.24. The number of nitrogens with one attached hydrogen (secondary N) is 2. The Morgan fingerprint density at radius 2 is 1.48 bits per heavy atom. The summed E-state index contributed by atoms with van der Waals surface area (Å²) in [6.07, 6.45) is 0. The first-order valence-corrected chi connectivity index (χ1v) is 9.85. The molecular weight excluding hydrogens is 370 g/mol. The lowest BCUT2D eigenvalue weighted by Crippen LogP contribution is -2.18. The van der Waals surface area contributed by atoms with Crippen molar-refractivity contribution in [2.45, 2.75) is 16.7 Å². The minimum absolute atomic E-state index is 0.0241. The quantitative estimate of drug-likeness (QED) is 0.573. The molecule has 9 nitrogen and oxygen atoms in total. The summed E-state index contributed by atoms with van der Waals surface area (Å²) in [6.45, 7) is 1.50. The molecule has 0 atom stereocenters. The van der Waals surface area contributed by atoms with Crippen LogP contribution >= 0.6 is 0 Å². The van der Waals surface area contributed by atoms with Gasteiger partial charge in [0.15, 0.2) is 0 Å². The molecule has 2 aromatic rings. The Kier molecular flexibility index (Phi) is 5.11. The Morgan fingerprint density at radius 1 is 0.920 bits per heavy atom. The van der Waals surface area contributed by atoms with E-state index in [0.29, 0.717) is 5.56 Å². The number of nitro benzene ring substituents is 1. The number of rotatable bonds is 6. The fraction of sp³-hybridized carbons (Fsp3) is 0.143. The van der Waals surface area contributed by atoms with Gasteiger partial charge in [0.2, 0.25) is 10.0 Å². The van der Waals surface area contributed by atoms with Crippen LogP contribution in [0.3, 0.4) is 0 Å². The van der Waals surface area contributed by atoms with Gasteiger partial charge in [-0.25, -0.2) is 21.6 Å². The van der Waals surface area contributed by atoms with Gasteiger partial charge in [-0.15, -0.1) is 0 Å². The van der Waals surface area contributed by atoms with Gasteiger partial charge in [-0.2, -0.15) is 0 Å². The van der Waals surface area contributed by atoms with Crippen molar-refractivity contribution in [1.82, 2.24) is 4.72 Å². The lowest BCUT2D eigenvalue weighted by molar-refractivity contribution is -0.385. The Bertz CT molecular complexity index is 1020. The summed E-state index contributed by atoms with van der Waals surface area (Å²) in [5.41, 5.74) is 0.155. The standard InChI is InChI=1S/C14H15N3O6S2/c1-10-3-6-13(9-14(10)17(18)19)25(22,23)16-11-4-7-12(8-5-11)24(20,21)15-2/h3-9,15-16H,1-2H3. The van der Waals surface area contributed by atoms with Crippen molar-refractivity contribution in [3.8, 4) is 0 Å². The van der Waals surface area contributed by atoms with E-state index < -0.39 is 25.0 Å². The van der Waals surface area contributed by atoms with Crippen LogP contribution in [0.4, 0.5) is 11.4 Å². The molecule has 0 aliphatic heterocycles. The summed E-state index contributed by atoms with van der Waals surface area (Å²) in [6, 6.07) is 8.61. The van der Waals surface area contributed by atoms with Crippen molar-refractivity contribution in [1.29, 1.82) is 0 Å². The van der Waals surface area contributed by atoms with Crippen molar-refractivity contribution in [3.05, 3.63) is 58.1 Å². The van der Waals surface area contributed by atoms with Gasteiger partial charge < -0.3 is 0 Å². The molecule has 0 radical (unpaired) electrons. The third kappa shape index (κ3) is 4.13. The van der Waals surface area contributed by atoms with E-state index in [4.69, 9.17) is 0 Å². The maximum Gasteiger partial charge on any atom is 0.273 e. The van der Waals surface area contributed by atoms with Crippen molar-refractivity contribution in [3.63, 3.8) is 0 Å². The predicted octanol–water partition coefficient (Wildman–Crippen LogP) is 1.61. The minimum atomic E-state index is -4.06. The highest BCUT2D eigenvalue weighted by molar-refractivity contribution is 7.92. The molecule has 0 unspecified atom stereocenters. The van der Waals surface area contributed by atoms with Gasteiger partial charge in [0.05, 0.1) is 14.7 Å². The van der Waals surface area contributed by atoms with E-state index in [2.05, 4.69) is 9.44 Å². The molecule has 25 heavy (non-hydrogen) atoms. The third-order valence-corrected chi connectivity index (χ3v) is 6.18. The summed E-state index contributed by atoms with van der Waals surface area (Å²) in [5, 5.41) is 10.9. The first kappa shape index (κ1) is 18.8.